The van der Waals surface area contributed by atoms with Crippen molar-refractivity contribution in [3.63, 3.8) is 0 Å². The molecule has 1 aromatic carbocycles. The molecule has 1 aromatic rings. The lowest BCUT2D eigenvalue weighted by atomic mass is 9.94. The number of carboxylic acids is 1. The molecule has 0 aliphatic carbocycles. The number of anilines is 1. The van der Waals surface area contributed by atoms with Gasteiger partial charge < -0.3 is 24.8 Å². The second-order valence-corrected chi connectivity index (χ2v) is 11.2. The molecular weight excluding hydrogens is 528 g/mol. The highest BCUT2D eigenvalue weighted by molar-refractivity contribution is 5.97. The first-order chi connectivity index (χ1) is 19.7. The molecule has 0 spiro atoms. The number of carbonyl (C=O) groups is 3. The fraction of sp³-hybridized carbons (Fsp3) is 0.655. The van der Waals surface area contributed by atoms with E-state index in [4.69, 9.17) is 14.9 Å². The standard InChI is InChI=1S/C29H44N6O6/c1-3-4-17-40-26(36)10-12-33-13-15-34(16-14-33)19-24-20-35(29(39)41-24)23-7-5-21(6-8-23)27(30)31-25-18-22(28(37)38)9-11-32(25)2/h5-8,22,24-25H,3-4,9-20H2,1-2H3,(H2,30,31)(H,37,38). The van der Waals surface area contributed by atoms with E-state index in [9.17, 15) is 19.5 Å². The van der Waals surface area contributed by atoms with Gasteiger partial charge in [-0.1, -0.05) is 13.3 Å². The van der Waals surface area contributed by atoms with Crippen LogP contribution >= 0.6 is 0 Å². The predicted octanol–water partition coefficient (Wildman–Crippen LogP) is 2.03. The maximum atomic E-state index is 12.7. The van der Waals surface area contributed by atoms with Crippen molar-refractivity contribution in [2.75, 3.05) is 70.9 Å². The summed E-state index contributed by atoms with van der Waals surface area (Å²) in [7, 11) is 1.93. The third kappa shape index (κ3) is 8.64. The zero-order valence-electron chi connectivity index (χ0n) is 24.2. The van der Waals surface area contributed by atoms with Crippen molar-refractivity contribution in [1.82, 2.24) is 20.0 Å². The Morgan fingerprint density at radius 3 is 2.51 bits per heavy atom. The van der Waals surface area contributed by atoms with Crippen LogP contribution in [-0.4, -0.2) is 122 Å². The number of cyclic esters (lactones) is 1. The van der Waals surface area contributed by atoms with E-state index in [0.29, 0.717) is 63.3 Å². The van der Waals surface area contributed by atoms with Gasteiger partial charge in [-0.3, -0.25) is 29.7 Å². The molecule has 12 nitrogen and oxygen atoms in total. The zero-order valence-corrected chi connectivity index (χ0v) is 24.2. The summed E-state index contributed by atoms with van der Waals surface area (Å²) in [5, 5.41) is 21.0. The van der Waals surface area contributed by atoms with Crippen LogP contribution in [0.2, 0.25) is 0 Å². The van der Waals surface area contributed by atoms with Crippen LogP contribution in [0.3, 0.4) is 0 Å². The molecule has 226 valence electrons. The monoisotopic (exact) mass is 572 g/mol. The Kier molecular flexibility index (Phi) is 10.9. The van der Waals surface area contributed by atoms with Crippen LogP contribution in [0.25, 0.3) is 0 Å². The number of hydrogen-bond acceptors (Lipinski definition) is 9. The van der Waals surface area contributed by atoms with Gasteiger partial charge in [-0.05, 0) is 50.6 Å². The van der Waals surface area contributed by atoms with Crippen molar-refractivity contribution in [2.24, 2.45) is 5.92 Å². The van der Waals surface area contributed by atoms with E-state index in [-0.39, 0.29) is 30.2 Å². The number of amides is 1. The Balaban J connectivity index is 1.20. The maximum Gasteiger partial charge on any atom is 0.414 e. The molecule has 3 heterocycles. The van der Waals surface area contributed by atoms with Crippen LogP contribution in [0.1, 0.15) is 44.6 Å². The molecule has 0 radical (unpaired) electrons. The molecule has 1 amide bonds. The van der Waals surface area contributed by atoms with E-state index in [0.717, 1.165) is 39.0 Å². The Hall–Kier alpha value is -3.22. The van der Waals surface area contributed by atoms with Crippen LogP contribution in [0.5, 0.6) is 0 Å². The summed E-state index contributed by atoms with van der Waals surface area (Å²) in [6, 6.07) is 7.21. The average Bonchev–Trinajstić information content (AvgIpc) is 3.33. The Labute approximate surface area is 242 Å². The summed E-state index contributed by atoms with van der Waals surface area (Å²) >= 11 is 0. The lowest BCUT2D eigenvalue weighted by Crippen LogP contribution is -2.51. The summed E-state index contributed by atoms with van der Waals surface area (Å²) < 4.78 is 10.9. The van der Waals surface area contributed by atoms with E-state index in [1.54, 1.807) is 17.0 Å². The molecule has 3 aliphatic rings. The fourth-order valence-electron chi connectivity index (χ4n) is 5.50. The minimum atomic E-state index is -0.796. The summed E-state index contributed by atoms with van der Waals surface area (Å²) in [5.74, 6) is -1.13. The minimum Gasteiger partial charge on any atom is -0.481 e. The second kappa shape index (κ2) is 14.6. The average molecular weight is 573 g/mol. The number of nitrogens with one attached hydrogen (secondary N) is 2. The first-order valence-electron chi connectivity index (χ1n) is 14.7. The summed E-state index contributed by atoms with van der Waals surface area (Å²) in [6.45, 7) is 8.48. The molecule has 0 saturated carbocycles. The van der Waals surface area contributed by atoms with Crippen molar-refractivity contribution in [2.45, 2.75) is 51.3 Å². The summed E-state index contributed by atoms with van der Waals surface area (Å²) in [6.07, 6.45) is 2.54. The Morgan fingerprint density at radius 1 is 1.12 bits per heavy atom. The lowest BCUT2D eigenvalue weighted by molar-refractivity contribution is -0.145. The van der Waals surface area contributed by atoms with Gasteiger partial charge in [0.05, 0.1) is 31.7 Å². The molecule has 41 heavy (non-hydrogen) atoms. The van der Waals surface area contributed by atoms with Gasteiger partial charge in [0.2, 0.25) is 0 Å². The number of carboxylic acid groups (broad SMARTS) is 1. The lowest BCUT2D eigenvalue weighted by Gasteiger charge is -2.36. The largest absolute Gasteiger partial charge is 0.481 e. The van der Waals surface area contributed by atoms with Gasteiger partial charge in [0.1, 0.15) is 11.9 Å². The smallest absolute Gasteiger partial charge is 0.414 e. The van der Waals surface area contributed by atoms with Gasteiger partial charge in [0.25, 0.3) is 0 Å². The number of carbonyl (C=O) groups excluding carboxylic acids is 2. The Bertz CT molecular complexity index is 1060. The number of hydrogen-bond donors (Lipinski definition) is 3. The van der Waals surface area contributed by atoms with E-state index >= 15 is 0 Å². The number of esters is 1. The summed E-state index contributed by atoms with van der Waals surface area (Å²) in [4.78, 5) is 44.2. The van der Waals surface area contributed by atoms with Crippen molar-refractivity contribution in [3.05, 3.63) is 29.8 Å². The highest BCUT2D eigenvalue weighted by Gasteiger charge is 2.34. The predicted molar refractivity (Wildman–Crippen MR) is 154 cm³/mol. The van der Waals surface area contributed by atoms with Gasteiger partial charge in [-0.25, -0.2) is 4.79 Å². The molecule has 3 saturated heterocycles. The number of amidine groups is 1. The zero-order chi connectivity index (χ0) is 29.4. The van der Waals surface area contributed by atoms with Crippen LogP contribution in [-0.2, 0) is 19.1 Å². The molecular formula is C29H44N6O6. The van der Waals surface area contributed by atoms with Gasteiger partial charge in [0, 0.05) is 57.1 Å². The van der Waals surface area contributed by atoms with Gasteiger partial charge in [0.15, 0.2) is 0 Å². The normalized spacial score (nSPS) is 24.2. The van der Waals surface area contributed by atoms with E-state index in [1.807, 2.05) is 24.1 Å². The molecule has 0 bridgehead atoms. The third-order valence-corrected chi connectivity index (χ3v) is 8.19. The van der Waals surface area contributed by atoms with Crippen molar-refractivity contribution >= 4 is 29.6 Å². The number of piperazine rings is 1. The SMILES string of the molecule is CCCCOC(=O)CCN1CCN(CC2CN(c3ccc(C(=N)NC4CC(C(=O)O)CCN4C)cc3)C(=O)O2)CC1. The molecule has 3 atom stereocenters. The van der Waals surface area contributed by atoms with E-state index in [2.05, 4.69) is 22.0 Å². The number of benzene rings is 1. The van der Waals surface area contributed by atoms with Crippen LogP contribution in [0.4, 0.5) is 10.5 Å². The minimum absolute atomic E-state index is 0.134. The van der Waals surface area contributed by atoms with Crippen molar-refractivity contribution in [1.29, 1.82) is 5.41 Å². The number of piperidine rings is 1. The quantitative estimate of drug-likeness (QED) is 0.148. The van der Waals surface area contributed by atoms with Crippen molar-refractivity contribution < 1.29 is 29.0 Å². The van der Waals surface area contributed by atoms with Gasteiger partial charge >= 0.3 is 18.0 Å². The van der Waals surface area contributed by atoms with Crippen LogP contribution in [0, 0.1) is 11.3 Å². The highest BCUT2D eigenvalue weighted by Crippen LogP contribution is 2.24. The van der Waals surface area contributed by atoms with Gasteiger partial charge in [-0.15, -0.1) is 0 Å². The number of likely N-dealkylation sites (tertiary alicyclic amines) is 1. The van der Waals surface area contributed by atoms with E-state index < -0.39 is 11.9 Å². The third-order valence-electron chi connectivity index (χ3n) is 8.19. The molecule has 0 aromatic heterocycles. The molecule has 3 aliphatic heterocycles. The number of ether oxygens (including phenoxy) is 2. The fourth-order valence-corrected chi connectivity index (χ4v) is 5.50. The number of nitrogens with zero attached hydrogens (tertiary/aromatic N) is 4. The molecule has 4 rings (SSSR count). The number of unbranched alkanes of at least 4 members (excludes halogenated alkanes) is 1. The van der Waals surface area contributed by atoms with Crippen molar-refractivity contribution in [3.8, 4) is 0 Å². The summed E-state index contributed by atoms with van der Waals surface area (Å²) in [5.41, 5.74) is 1.38. The topological polar surface area (TPSA) is 139 Å². The highest BCUT2D eigenvalue weighted by atomic mass is 16.6. The maximum absolute atomic E-state index is 12.7. The van der Waals surface area contributed by atoms with Crippen LogP contribution in [0.15, 0.2) is 24.3 Å². The molecule has 3 fully saturated rings. The Morgan fingerprint density at radius 2 is 1.83 bits per heavy atom. The van der Waals surface area contributed by atoms with Gasteiger partial charge in [-0.2, -0.15) is 0 Å². The molecule has 3 N–H and O–H groups in total. The number of rotatable bonds is 12. The first-order valence-corrected chi connectivity index (χ1v) is 14.7. The van der Waals surface area contributed by atoms with Crippen LogP contribution < -0.4 is 10.2 Å². The van der Waals surface area contributed by atoms with E-state index in [1.165, 1.54) is 0 Å². The molecule has 12 heteroatoms. The first kappa shape index (κ1) is 30.7. The molecule has 3 unspecified atom stereocenters. The second-order valence-electron chi connectivity index (χ2n) is 11.2. The number of aliphatic carboxylic acids is 1.